The van der Waals surface area contributed by atoms with Gasteiger partial charge in [0, 0.05) is 43.9 Å². The summed E-state index contributed by atoms with van der Waals surface area (Å²) >= 11 is 0. The fourth-order valence-corrected chi connectivity index (χ4v) is 6.04. The fourth-order valence-electron chi connectivity index (χ4n) is 4.58. The van der Waals surface area contributed by atoms with Crippen LogP contribution in [0.1, 0.15) is 46.4 Å². The lowest BCUT2D eigenvalue weighted by Crippen LogP contribution is -2.30. The molecule has 0 bridgehead atoms. The minimum atomic E-state index is -3.91. The van der Waals surface area contributed by atoms with E-state index in [9.17, 15) is 18.5 Å². The van der Waals surface area contributed by atoms with Crippen molar-refractivity contribution in [1.82, 2.24) is 9.55 Å². The highest BCUT2D eigenvalue weighted by Crippen LogP contribution is 2.33. The molecule has 35 heavy (non-hydrogen) atoms. The number of hydrogen-bond donors (Lipinski definition) is 0. The van der Waals surface area contributed by atoms with Gasteiger partial charge in [0.1, 0.15) is 5.82 Å². The molecule has 0 N–H and O–H groups in total. The van der Waals surface area contributed by atoms with Gasteiger partial charge in [-0.25, -0.2) is 13.4 Å². The number of nitrogens with zero attached hydrogens (tertiary/aromatic N) is 4. The summed E-state index contributed by atoms with van der Waals surface area (Å²) in [5.74, 6) is 1.48. The molecule has 0 saturated carbocycles. The van der Waals surface area contributed by atoms with Crippen molar-refractivity contribution in [1.29, 1.82) is 0 Å². The van der Waals surface area contributed by atoms with Gasteiger partial charge in [-0.15, -0.1) is 0 Å². The van der Waals surface area contributed by atoms with Crippen molar-refractivity contribution in [3.8, 4) is 0 Å². The number of nitro groups is 1. The molecule has 1 aliphatic heterocycles. The van der Waals surface area contributed by atoms with E-state index in [0.29, 0.717) is 11.6 Å². The lowest BCUT2D eigenvalue weighted by atomic mass is 9.94. The van der Waals surface area contributed by atoms with Crippen molar-refractivity contribution in [2.75, 3.05) is 24.1 Å². The predicted octanol–water partition coefficient (Wildman–Crippen LogP) is 4.88. The first kappa shape index (κ1) is 25.1. The molecule has 188 valence electrons. The van der Waals surface area contributed by atoms with Crippen LogP contribution in [0.25, 0.3) is 11.0 Å². The van der Waals surface area contributed by atoms with E-state index in [1.807, 2.05) is 18.2 Å². The number of fused-ring (bicyclic) bond motifs is 1. The number of aromatic nitrogens is 2. The summed E-state index contributed by atoms with van der Waals surface area (Å²) in [4.78, 5) is 15.4. The first-order chi connectivity index (χ1) is 16.5. The third-order valence-electron chi connectivity index (χ3n) is 6.40. The van der Waals surface area contributed by atoms with Crippen molar-refractivity contribution in [2.45, 2.75) is 57.4 Å². The molecule has 0 aliphatic carbocycles. The van der Waals surface area contributed by atoms with Gasteiger partial charge in [0.05, 0.1) is 26.5 Å². The molecule has 1 aromatic heterocycles. The Morgan fingerprint density at radius 3 is 2.37 bits per heavy atom. The van der Waals surface area contributed by atoms with Crippen LogP contribution in [-0.4, -0.2) is 42.7 Å². The zero-order chi connectivity index (χ0) is 25.4. The van der Waals surface area contributed by atoms with Crippen LogP contribution in [-0.2, 0) is 26.7 Å². The second-order valence-corrected chi connectivity index (χ2v) is 11.8. The van der Waals surface area contributed by atoms with Crippen molar-refractivity contribution >= 4 is 32.4 Å². The molecule has 1 saturated heterocycles. The Labute approximate surface area is 205 Å². The van der Waals surface area contributed by atoms with Crippen LogP contribution in [0.15, 0.2) is 47.4 Å². The van der Waals surface area contributed by atoms with Gasteiger partial charge in [0.25, 0.3) is 15.7 Å². The average molecular weight is 501 g/mol. The number of ether oxygens (including phenoxy) is 1. The molecule has 1 aliphatic rings. The zero-order valence-corrected chi connectivity index (χ0v) is 21.4. The Kier molecular flexibility index (Phi) is 6.88. The number of imidazole rings is 1. The fraction of sp³-hybridized carbons (Fsp3) is 0.480. The molecule has 2 heterocycles. The molecule has 1 fully saturated rings. The standard InChI is InChI=1S/C25H32N4O5S/c1-5-28(35(32,33)21-9-6-19(7-10-21)29(30)31)20-8-11-23-22(16-20)26-24(25(2,3)4)27(23)17-18-12-14-34-15-13-18/h6-11,16,18H,5,12-15,17H2,1-4H3. The summed E-state index contributed by atoms with van der Waals surface area (Å²) in [6, 6.07) is 10.5. The summed E-state index contributed by atoms with van der Waals surface area (Å²) in [5.41, 5.74) is 1.90. The van der Waals surface area contributed by atoms with Gasteiger partial charge in [0.15, 0.2) is 0 Å². The number of rotatable bonds is 7. The van der Waals surface area contributed by atoms with Crippen molar-refractivity contribution in [3.05, 3.63) is 58.4 Å². The van der Waals surface area contributed by atoms with E-state index in [4.69, 9.17) is 9.72 Å². The SMILES string of the molecule is CCN(c1ccc2c(c1)nc(C(C)(C)C)n2CC1CCOCC1)S(=O)(=O)c1ccc([N+](=O)[O-])cc1. The Bertz CT molecular complexity index is 1320. The van der Waals surface area contributed by atoms with E-state index in [1.165, 1.54) is 28.6 Å². The number of hydrogen-bond acceptors (Lipinski definition) is 6. The molecule has 0 unspecified atom stereocenters. The minimum absolute atomic E-state index is 0.00507. The van der Waals surface area contributed by atoms with Gasteiger partial charge in [-0.3, -0.25) is 14.4 Å². The van der Waals surface area contributed by atoms with Crippen LogP contribution in [0.2, 0.25) is 0 Å². The summed E-state index contributed by atoms with van der Waals surface area (Å²) in [7, 11) is -3.91. The highest BCUT2D eigenvalue weighted by Gasteiger charge is 2.28. The molecule has 0 spiro atoms. The van der Waals surface area contributed by atoms with Gasteiger partial charge in [-0.05, 0) is 56.0 Å². The first-order valence-corrected chi connectivity index (χ1v) is 13.3. The van der Waals surface area contributed by atoms with E-state index in [0.717, 1.165) is 49.5 Å². The maximum atomic E-state index is 13.4. The molecule has 3 aromatic rings. The summed E-state index contributed by atoms with van der Waals surface area (Å²) < 4.78 is 35.9. The molecular formula is C25H32N4O5S. The molecule has 0 radical (unpaired) electrons. The predicted molar refractivity (Wildman–Crippen MR) is 135 cm³/mol. The Morgan fingerprint density at radius 2 is 1.80 bits per heavy atom. The monoisotopic (exact) mass is 500 g/mol. The van der Waals surface area contributed by atoms with Gasteiger partial charge in [0.2, 0.25) is 0 Å². The first-order valence-electron chi connectivity index (χ1n) is 11.9. The van der Waals surface area contributed by atoms with Gasteiger partial charge < -0.3 is 9.30 Å². The molecule has 9 nitrogen and oxygen atoms in total. The Hall–Kier alpha value is -2.98. The molecular weight excluding hydrogens is 468 g/mol. The largest absolute Gasteiger partial charge is 0.381 e. The summed E-state index contributed by atoms with van der Waals surface area (Å²) in [5, 5.41) is 11.0. The average Bonchev–Trinajstić information content (AvgIpc) is 3.18. The number of anilines is 1. The quantitative estimate of drug-likeness (QED) is 0.338. The van der Waals surface area contributed by atoms with Crippen LogP contribution < -0.4 is 4.31 Å². The van der Waals surface area contributed by atoms with E-state index in [1.54, 1.807) is 6.92 Å². The molecule has 2 aromatic carbocycles. The highest BCUT2D eigenvalue weighted by atomic mass is 32.2. The number of non-ortho nitro benzene ring substituents is 1. The van der Waals surface area contributed by atoms with Gasteiger partial charge in [-0.1, -0.05) is 20.8 Å². The smallest absolute Gasteiger partial charge is 0.269 e. The van der Waals surface area contributed by atoms with Crippen LogP contribution in [0.3, 0.4) is 0 Å². The van der Waals surface area contributed by atoms with Crippen LogP contribution in [0, 0.1) is 16.0 Å². The molecule has 4 rings (SSSR count). The summed E-state index contributed by atoms with van der Waals surface area (Å²) in [6.45, 7) is 10.8. The molecule has 0 atom stereocenters. The number of benzene rings is 2. The lowest BCUT2D eigenvalue weighted by Gasteiger charge is -2.26. The molecule has 10 heteroatoms. The van der Waals surface area contributed by atoms with Gasteiger partial charge >= 0.3 is 0 Å². The Morgan fingerprint density at radius 1 is 1.14 bits per heavy atom. The maximum absolute atomic E-state index is 13.4. The van der Waals surface area contributed by atoms with Crippen molar-refractivity contribution < 1.29 is 18.1 Å². The van der Waals surface area contributed by atoms with E-state index in [2.05, 4.69) is 25.3 Å². The van der Waals surface area contributed by atoms with Crippen LogP contribution in [0.4, 0.5) is 11.4 Å². The Balaban J connectivity index is 1.74. The van der Waals surface area contributed by atoms with Crippen LogP contribution >= 0.6 is 0 Å². The molecule has 0 amide bonds. The van der Waals surface area contributed by atoms with Gasteiger partial charge in [-0.2, -0.15) is 0 Å². The second-order valence-electron chi connectivity index (χ2n) is 9.95. The minimum Gasteiger partial charge on any atom is -0.381 e. The normalized spacial score (nSPS) is 15.4. The third-order valence-corrected chi connectivity index (χ3v) is 8.31. The van der Waals surface area contributed by atoms with E-state index in [-0.39, 0.29) is 22.5 Å². The van der Waals surface area contributed by atoms with Crippen molar-refractivity contribution in [2.24, 2.45) is 5.92 Å². The second kappa shape index (κ2) is 9.58. The highest BCUT2D eigenvalue weighted by molar-refractivity contribution is 7.92. The number of nitro benzene ring substituents is 1. The zero-order valence-electron chi connectivity index (χ0n) is 20.6. The maximum Gasteiger partial charge on any atom is 0.269 e. The van der Waals surface area contributed by atoms with Crippen molar-refractivity contribution in [3.63, 3.8) is 0 Å². The van der Waals surface area contributed by atoms with E-state index >= 15 is 0 Å². The number of sulfonamides is 1. The third kappa shape index (κ3) is 5.04. The topological polar surface area (TPSA) is 108 Å². The lowest BCUT2D eigenvalue weighted by molar-refractivity contribution is -0.384. The summed E-state index contributed by atoms with van der Waals surface area (Å²) in [6.07, 6.45) is 2.02. The van der Waals surface area contributed by atoms with E-state index < -0.39 is 14.9 Å². The van der Waals surface area contributed by atoms with Crippen LogP contribution in [0.5, 0.6) is 0 Å².